The Kier molecular flexibility index (Phi) is 9.22. The molecule has 32 heavy (non-hydrogen) atoms. The summed E-state index contributed by atoms with van der Waals surface area (Å²) in [7, 11) is 1.65. The normalized spacial score (nSPS) is 17.0. The number of aromatic amines is 1. The summed E-state index contributed by atoms with van der Waals surface area (Å²) in [4.78, 5) is 36.3. The minimum atomic E-state index is -0.815. The second kappa shape index (κ2) is 11.9. The number of aromatic nitrogens is 2. The second-order valence-electron chi connectivity index (χ2n) is 8.71. The monoisotopic (exact) mass is 465 g/mol. The van der Waals surface area contributed by atoms with Gasteiger partial charge in [0.1, 0.15) is 23.4 Å². The van der Waals surface area contributed by atoms with Gasteiger partial charge in [-0.25, -0.2) is 4.98 Å². The van der Waals surface area contributed by atoms with Crippen LogP contribution in [0.1, 0.15) is 55.8 Å². The summed E-state index contributed by atoms with van der Waals surface area (Å²) >= 11 is 1.63. The molecule has 0 saturated carbocycles. The molecule has 2 aromatic heterocycles. The van der Waals surface area contributed by atoms with Gasteiger partial charge in [-0.2, -0.15) is 0 Å². The van der Waals surface area contributed by atoms with Gasteiger partial charge in [-0.05, 0) is 43.6 Å². The standard InChI is InChI=1S/C23H35N3O5S/c1-4-6-20(28)31-14-16(27)12-26(9-5-10-30-3)13-19-24-22(29)21-17-8-7-15(2)11-18(17)32-23(21)25-19/h15-16,27H,4-14H2,1-3H3,(H,24,25,29). The van der Waals surface area contributed by atoms with Crippen LogP contribution in [0, 0.1) is 5.92 Å². The number of hydrogen-bond acceptors (Lipinski definition) is 8. The van der Waals surface area contributed by atoms with Gasteiger partial charge < -0.3 is 19.6 Å². The van der Waals surface area contributed by atoms with Crippen molar-refractivity contribution in [1.82, 2.24) is 14.9 Å². The molecule has 2 N–H and O–H groups in total. The van der Waals surface area contributed by atoms with Gasteiger partial charge in [0.2, 0.25) is 0 Å². The number of ether oxygens (including phenoxy) is 2. The van der Waals surface area contributed by atoms with E-state index in [-0.39, 0.29) is 18.1 Å². The highest BCUT2D eigenvalue weighted by Crippen LogP contribution is 2.35. The van der Waals surface area contributed by atoms with Crippen molar-refractivity contribution < 1.29 is 19.4 Å². The van der Waals surface area contributed by atoms with E-state index in [1.54, 1.807) is 18.4 Å². The van der Waals surface area contributed by atoms with Gasteiger partial charge in [0.15, 0.2) is 0 Å². The number of carbonyl (C=O) groups excluding carboxylic acids is 1. The lowest BCUT2D eigenvalue weighted by atomic mass is 9.89. The number of fused-ring (bicyclic) bond motifs is 3. The van der Waals surface area contributed by atoms with Crippen LogP contribution in [0.5, 0.6) is 0 Å². The van der Waals surface area contributed by atoms with E-state index in [2.05, 4.69) is 11.9 Å². The third-order valence-electron chi connectivity index (χ3n) is 5.77. The van der Waals surface area contributed by atoms with Gasteiger partial charge in [0, 0.05) is 38.1 Å². The maximum atomic E-state index is 12.9. The SMILES string of the molecule is CCCC(=O)OCC(O)CN(CCCOC)Cc1nc2sc3c(c2c(=O)[nH]1)CCC(C)C3. The van der Waals surface area contributed by atoms with E-state index >= 15 is 0 Å². The van der Waals surface area contributed by atoms with Crippen LogP contribution < -0.4 is 5.56 Å². The molecule has 0 fully saturated rings. The number of H-pyrrole nitrogens is 1. The fourth-order valence-corrected chi connectivity index (χ4v) is 5.57. The van der Waals surface area contributed by atoms with Crippen LogP contribution in [0.15, 0.2) is 4.79 Å². The third kappa shape index (κ3) is 6.60. The van der Waals surface area contributed by atoms with Crippen molar-refractivity contribution in [1.29, 1.82) is 0 Å². The number of aliphatic hydroxyl groups excluding tert-OH is 1. The second-order valence-corrected chi connectivity index (χ2v) is 9.80. The smallest absolute Gasteiger partial charge is 0.305 e. The van der Waals surface area contributed by atoms with E-state index in [1.165, 1.54) is 10.4 Å². The maximum absolute atomic E-state index is 12.9. The summed E-state index contributed by atoms with van der Waals surface area (Å²) in [5.41, 5.74) is 1.09. The molecule has 8 nitrogen and oxygen atoms in total. The first-order valence-corrected chi connectivity index (χ1v) is 12.3. The first-order valence-electron chi connectivity index (χ1n) is 11.5. The third-order valence-corrected chi connectivity index (χ3v) is 6.92. The zero-order valence-electron chi connectivity index (χ0n) is 19.3. The summed E-state index contributed by atoms with van der Waals surface area (Å²) in [6.45, 7) is 6.07. The number of nitrogens with one attached hydrogen (secondary N) is 1. The Morgan fingerprint density at radius 2 is 2.25 bits per heavy atom. The van der Waals surface area contributed by atoms with Crippen molar-refractivity contribution in [2.24, 2.45) is 5.92 Å². The Morgan fingerprint density at radius 1 is 1.44 bits per heavy atom. The van der Waals surface area contributed by atoms with E-state index in [9.17, 15) is 14.7 Å². The molecule has 2 heterocycles. The van der Waals surface area contributed by atoms with Crippen LogP contribution in [0.2, 0.25) is 0 Å². The van der Waals surface area contributed by atoms with Gasteiger partial charge in [0.25, 0.3) is 5.56 Å². The predicted molar refractivity (Wildman–Crippen MR) is 125 cm³/mol. The Labute approximate surface area is 192 Å². The van der Waals surface area contributed by atoms with Crippen LogP contribution >= 0.6 is 11.3 Å². The molecule has 1 aliphatic carbocycles. The summed E-state index contributed by atoms with van der Waals surface area (Å²) in [6.07, 6.45) is 4.07. The molecule has 9 heteroatoms. The minimum absolute atomic E-state index is 0.0432. The fraction of sp³-hybridized carbons (Fsp3) is 0.696. The maximum Gasteiger partial charge on any atom is 0.305 e. The summed E-state index contributed by atoms with van der Waals surface area (Å²) in [5.74, 6) is 0.921. The van der Waals surface area contributed by atoms with Gasteiger partial charge >= 0.3 is 5.97 Å². The van der Waals surface area contributed by atoms with Crippen molar-refractivity contribution in [3.8, 4) is 0 Å². The van der Waals surface area contributed by atoms with Gasteiger partial charge in [-0.15, -0.1) is 11.3 Å². The lowest BCUT2D eigenvalue weighted by molar-refractivity contribution is -0.147. The number of aliphatic hydroxyl groups is 1. The number of rotatable bonds is 12. The molecule has 2 atom stereocenters. The molecule has 0 amide bonds. The van der Waals surface area contributed by atoms with Crippen molar-refractivity contribution in [2.45, 2.75) is 65.0 Å². The number of aryl methyl sites for hydroxylation is 1. The summed E-state index contributed by atoms with van der Waals surface area (Å²) in [6, 6.07) is 0. The minimum Gasteiger partial charge on any atom is -0.463 e. The lowest BCUT2D eigenvalue weighted by Gasteiger charge is -2.24. The van der Waals surface area contributed by atoms with Gasteiger partial charge in [0.05, 0.1) is 11.9 Å². The molecule has 3 rings (SSSR count). The van der Waals surface area contributed by atoms with E-state index in [4.69, 9.17) is 14.5 Å². The quantitative estimate of drug-likeness (QED) is 0.367. The summed E-state index contributed by atoms with van der Waals surface area (Å²) < 4.78 is 10.3. The largest absolute Gasteiger partial charge is 0.463 e. The number of hydrogen-bond donors (Lipinski definition) is 2. The number of carbonyl (C=O) groups is 1. The Hall–Kier alpha value is -1.81. The highest BCUT2D eigenvalue weighted by atomic mass is 32.1. The van der Waals surface area contributed by atoms with E-state index in [0.717, 1.165) is 35.9 Å². The number of thiophene rings is 1. The van der Waals surface area contributed by atoms with Crippen LogP contribution in [-0.4, -0.2) is 65.5 Å². The molecule has 0 saturated heterocycles. The molecule has 0 radical (unpaired) electrons. The highest BCUT2D eigenvalue weighted by molar-refractivity contribution is 7.18. The Bertz CT molecular complexity index is 957. The average molecular weight is 466 g/mol. The molecule has 0 spiro atoms. The first-order chi connectivity index (χ1) is 15.4. The van der Waals surface area contributed by atoms with Gasteiger partial charge in [-0.1, -0.05) is 13.8 Å². The molecule has 178 valence electrons. The fourth-order valence-electron chi connectivity index (χ4n) is 4.16. The van der Waals surface area contributed by atoms with Crippen LogP contribution in [-0.2, 0) is 33.7 Å². The average Bonchev–Trinajstić information content (AvgIpc) is 3.10. The van der Waals surface area contributed by atoms with Crippen LogP contribution in [0.25, 0.3) is 10.2 Å². The Morgan fingerprint density at radius 3 is 3.00 bits per heavy atom. The molecule has 0 aromatic carbocycles. The van der Waals surface area contributed by atoms with E-state index in [0.29, 0.717) is 50.8 Å². The number of nitrogens with zero attached hydrogens (tertiary/aromatic N) is 2. The van der Waals surface area contributed by atoms with Crippen LogP contribution in [0.3, 0.4) is 0 Å². The topological polar surface area (TPSA) is 105 Å². The zero-order valence-corrected chi connectivity index (χ0v) is 20.1. The van der Waals surface area contributed by atoms with Crippen LogP contribution in [0.4, 0.5) is 0 Å². The van der Waals surface area contributed by atoms with Crippen molar-refractivity contribution in [3.05, 3.63) is 26.6 Å². The van der Waals surface area contributed by atoms with E-state index < -0.39 is 6.10 Å². The summed E-state index contributed by atoms with van der Waals surface area (Å²) in [5, 5.41) is 11.1. The molecule has 2 unspecified atom stereocenters. The number of methoxy groups -OCH3 is 1. The first kappa shape index (κ1) is 24.8. The molecule has 0 bridgehead atoms. The van der Waals surface area contributed by atoms with Gasteiger partial charge in [-0.3, -0.25) is 14.5 Å². The molecular weight excluding hydrogens is 430 g/mol. The van der Waals surface area contributed by atoms with Crippen molar-refractivity contribution in [2.75, 3.05) is 33.4 Å². The Balaban J connectivity index is 1.71. The zero-order chi connectivity index (χ0) is 23.1. The molecule has 0 aliphatic heterocycles. The molecular formula is C23H35N3O5S. The number of esters is 1. The highest BCUT2D eigenvalue weighted by Gasteiger charge is 2.23. The lowest BCUT2D eigenvalue weighted by Crippen LogP contribution is -2.37. The van der Waals surface area contributed by atoms with Crippen molar-refractivity contribution >= 4 is 27.5 Å². The van der Waals surface area contributed by atoms with E-state index in [1.807, 2.05) is 11.8 Å². The van der Waals surface area contributed by atoms with Crippen molar-refractivity contribution in [3.63, 3.8) is 0 Å². The predicted octanol–water partition coefficient (Wildman–Crippen LogP) is 2.65. The molecule has 2 aromatic rings. The molecule has 1 aliphatic rings.